The minimum absolute atomic E-state index is 0.911. The fourth-order valence-electron chi connectivity index (χ4n) is 1.70. The molecular formula is C14H15P. The summed E-state index contributed by atoms with van der Waals surface area (Å²) >= 11 is 0. The van der Waals surface area contributed by atoms with Gasteiger partial charge in [0.05, 0.1) is 0 Å². The first-order valence-electron chi connectivity index (χ1n) is 5.30. The summed E-state index contributed by atoms with van der Waals surface area (Å²) in [6.07, 6.45) is 1.23. The molecule has 0 N–H and O–H groups in total. The van der Waals surface area contributed by atoms with Crippen LogP contribution in [0, 0.1) is 0 Å². The Balaban J connectivity index is 2.43. The molecule has 2 aromatic rings. The maximum atomic E-state index is 2.24. The Bertz CT molecular complexity index is 420. The van der Waals surface area contributed by atoms with Gasteiger partial charge in [0.15, 0.2) is 0 Å². The summed E-state index contributed by atoms with van der Waals surface area (Å²) in [7, 11) is 0.911. The van der Waals surface area contributed by atoms with Crippen molar-refractivity contribution < 1.29 is 0 Å². The predicted octanol–water partition coefficient (Wildman–Crippen LogP) is 3.68. The monoisotopic (exact) mass is 214 g/mol. The highest BCUT2D eigenvalue weighted by Gasteiger charge is 2.02. The molecule has 2 rings (SSSR count). The second-order valence-electron chi connectivity index (χ2n) is 3.44. The zero-order valence-corrected chi connectivity index (χ0v) is 9.90. The zero-order valence-electron chi connectivity index (χ0n) is 8.90. The van der Waals surface area contributed by atoms with Crippen LogP contribution in [0.3, 0.4) is 0 Å². The summed E-state index contributed by atoms with van der Waals surface area (Å²) < 4.78 is 0. The molecule has 0 aliphatic carbocycles. The molecule has 0 nitrogen and oxygen atoms in total. The van der Waals surface area contributed by atoms with Crippen molar-refractivity contribution in [3.8, 4) is 11.1 Å². The largest absolute Gasteiger partial charge is 0.0900 e. The van der Waals surface area contributed by atoms with Crippen molar-refractivity contribution in [3.63, 3.8) is 0 Å². The molecule has 0 aromatic heterocycles. The Morgan fingerprint density at radius 2 is 1.53 bits per heavy atom. The Hall–Kier alpha value is -1.13. The molecule has 2 aromatic carbocycles. The van der Waals surface area contributed by atoms with Gasteiger partial charge in [-0.15, -0.1) is 0 Å². The van der Waals surface area contributed by atoms with Crippen molar-refractivity contribution in [2.24, 2.45) is 0 Å². The van der Waals surface area contributed by atoms with Crippen molar-refractivity contribution in [1.29, 1.82) is 0 Å². The highest BCUT2D eigenvalue weighted by Crippen LogP contribution is 2.22. The maximum Gasteiger partial charge on any atom is -0.0110 e. The van der Waals surface area contributed by atoms with Crippen molar-refractivity contribution in [2.45, 2.75) is 6.92 Å². The standard InChI is InChI=1S/C14H15P/c1-2-15-14-11-7-6-10-13(14)12-8-4-3-5-9-12/h3-11,15H,2H2,1H3. The highest BCUT2D eigenvalue weighted by molar-refractivity contribution is 7.47. The van der Waals surface area contributed by atoms with Crippen LogP contribution in [0.4, 0.5) is 0 Å². The lowest BCUT2D eigenvalue weighted by Gasteiger charge is -2.08. The SMILES string of the molecule is CCPc1ccccc1-c1ccccc1. The molecule has 1 atom stereocenters. The molecule has 76 valence electrons. The number of hydrogen-bond acceptors (Lipinski definition) is 0. The normalized spacial score (nSPS) is 11.0. The van der Waals surface area contributed by atoms with Crippen LogP contribution < -0.4 is 5.30 Å². The van der Waals surface area contributed by atoms with Gasteiger partial charge in [-0.25, -0.2) is 0 Å². The molecule has 0 heterocycles. The summed E-state index contributed by atoms with van der Waals surface area (Å²) in [6.45, 7) is 2.24. The molecule has 1 unspecified atom stereocenters. The Morgan fingerprint density at radius 3 is 2.27 bits per heavy atom. The molecule has 0 aliphatic heterocycles. The van der Waals surface area contributed by atoms with Crippen LogP contribution in [0.15, 0.2) is 54.6 Å². The average molecular weight is 214 g/mol. The second kappa shape index (κ2) is 5.09. The minimum atomic E-state index is 0.911. The van der Waals surface area contributed by atoms with Gasteiger partial charge in [0, 0.05) is 0 Å². The summed E-state index contributed by atoms with van der Waals surface area (Å²) in [5.41, 5.74) is 2.72. The van der Waals surface area contributed by atoms with E-state index in [-0.39, 0.29) is 0 Å². The molecule has 0 spiro atoms. The molecule has 0 saturated carbocycles. The van der Waals surface area contributed by atoms with E-state index in [4.69, 9.17) is 0 Å². The first-order chi connectivity index (χ1) is 7.42. The lowest BCUT2D eigenvalue weighted by Crippen LogP contribution is -1.99. The van der Waals surface area contributed by atoms with Crippen LogP contribution in [-0.2, 0) is 0 Å². The summed E-state index contributed by atoms with van der Waals surface area (Å²) in [5, 5.41) is 1.48. The van der Waals surface area contributed by atoms with Crippen LogP contribution >= 0.6 is 8.58 Å². The highest BCUT2D eigenvalue weighted by atomic mass is 31.1. The van der Waals surface area contributed by atoms with E-state index in [1.807, 2.05) is 0 Å². The molecule has 0 aliphatic rings. The molecule has 1 heteroatoms. The molecule has 0 saturated heterocycles. The van der Waals surface area contributed by atoms with Gasteiger partial charge in [-0.3, -0.25) is 0 Å². The minimum Gasteiger partial charge on any atom is -0.0900 e. The summed E-state index contributed by atoms with van der Waals surface area (Å²) in [4.78, 5) is 0. The first-order valence-corrected chi connectivity index (χ1v) is 6.51. The molecule has 15 heavy (non-hydrogen) atoms. The molecular weight excluding hydrogens is 199 g/mol. The van der Waals surface area contributed by atoms with Crippen molar-refractivity contribution in [3.05, 3.63) is 54.6 Å². The van der Waals surface area contributed by atoms with Crippen molar-refractivity contribution in [1.82, 2.24) is 0 Å². The third kappa shape index (κ3) is 2.46. The number of hydrogen-bond donors (Lipinski definition) is 0. The fraction of sp³-hybridized carbons (Fsp3) is 0.143. The van der Waals surface area contributed by atoms with Crippen molar-refractivity contribution >= 4 is 13.9 Å². The van der Waals surface area contributed by atoms with E-state index >= 15 is 0 Å². The average Bonchev–Trinajstić information content (AvgIpc) is 2.31. The van der Waals surface area contributed by atoms with Gasteiger partial charge in [0.1, 0.15) is 0 Å². The van der Waals surface area contributed by atoms with E-state index in [1.54, 1.807) is 0 Å². The first kappa shape index (κ1) is 10.4. The predicted molar refractivity (Wildman–Crippen MR) is 70.4 cm³/mol. The van der Waals surface area contributed by atoms with E-state index in [0.29, 0.717) is 0 Å². The van der Waals surface area contributed by atoms with E-state index < -0.39 is 0 Å². The Kier molecular flexibility index (Phi) is 3.53. The summed E-state index contributed by atoms with van der Waals surface area (Å²) in [6, 6.07) is 19.3. The topological polar surface area (TPSA) is 0 Å². The molecule has 0 radical (unpaired) electrons. The Morgan fingerprint density at radius 1 is 0.867 bits per heavy atom. The van der Waals surface area contributed by atoms with Gasteiger partial charge in [-0.1, -0.05) is 70.1 Å². The lowest BCUT2D eigenvalue weighted by atomic mass is 10.1. The van der Waals surface area contributed by atoms with Gasteiger partial charge < -0.3 is 0 Å². The van der Waals surface area contributed by atoms with Gasteiger partial charge in [-0.05, 0) is 22.6 Å². The number of rotatable bonds is 3. The Labute approximate surface area is 93.1 Å². The molecule has 0 bridgehead atoms. The lowest BCUT2D eigenvalue weighted by molar-refractivity contribution is 1.52. The van der Waals surface area contributed by atoms with Crippen LogP contribution in [-0.4, -0.2) is 6.16 Å². The van der Waals surface area contributed by atoms with Gasteiger partial charge in [-0.2, -0.15) is 0 Å². The van der Waals surface area contributed by atoms with Gasteiger partial charge >= 0.3 is 0 Å². The molecule has 0 fully saturated rings. The smallest absolute Gasteiger partial charge is 0.0110 e. The van der Waals surface area contributed by atoms with E-state index in [0.717, 1.165) is 8.58 Å². The van der Waals surface area contributed by atoms with Crippen molar-refractivity contribution in [2.75, 3.05) is 6.16 Å². The van der Waals surface area contributed by atoms with Gasteiger partial charge in [0.25, 0.3) is 0 Å². The quantitative estimate of drug-likeness (QED) is 0.684. The second-order valence-corrected chi connectivity index (χ2v) is 5.04. The van der Waals surface area contributed by atoms with E-state index in [2.05, 4.69) is 61.5 Å². The fourth-order valence-corrected chi connectivity index (χ4v) is 2.71. The molecule has 0 amide bonds. The van der Waals surface area contributed by atoms with Crippen LogP contribution in [0.2, 0.25) is 0 Å². The van der Waals surface area contributed by atoms with Crippen LogP contribution in [0.25, 0.3) is 11.1 Å². The number of benzene rings is 2. The maximum absolute atomic E-state index is 2.24. The van der Waals surface area contributed by atoms with E-state index in [9.17, 15) is 0 Å². The third-order valence-electron chi connectivity index (χ3n) is 2.38. The van der Waals surface area contributed by atoms with Crippen LogP contribution in [0.1, 0.15) is 6.92 Å². The third-order valence-corrected chi connectivity index (χ3v) is 3.55. The zero-order chi connectivity index (χ0) is 10.5. The van der Waals surface area contributed by atoms with Crippen LogP contribution in [0.5, 0.6) is 0 Å². The van der Waals surface area contributed by atoms with E-state index in [1.165, 1.54) is 22.6 Å². The summed E-state index contributed by atoms with van der Waals surface area (Å²) in [5.74, 6) is 0. The van der Waals surface area contributed by atoms with Gasteiger partial charge in [0.2, 0.25) is 0 Å².